The Morgan fingerprint density at radius 3 is 2.69 bits per heavy atom. The van der Waals surface area contributed by atoms with Crippen LogP contribution in [0.1, 0.15) is 34.0 Å². The predicted octanol–water partition coefficient (Wildman–Crippen LogP) is 4.66. The van der Waals surface area contributed by atoms with E-state index in [1.165, 1.54) is 6.21 Å². The van der Waals surface area contributed by atoms with E-state index >= 15 is 0 Å². The zero-order valence-corrected chi connectivity index (χ0v) is 22.1. The van der Waals surface area contributed by atoms with Gasteiger partial charge in [-0.15, -0.1) is 6.58 Å². The van der Waals surface area contributed by atoms with Gasteiger partial charge in [0, 0.05) is 21.7 Å². The first-order chi connectivity index (χ1) is 19.0. The number of nitrogens with zero attached hydrogens (tertiary/aromatic N) is 1. The molecule has 202 valence electrons. The Kier molecular flexibility index (Phi) is 9.42. The van der Waals surface area contributed by atoms with Crippen molar-refractivity contribution >= 4 is 29.6 Å². The van der Waals surface area contributed by atoms with E-state index in [0.29, 0.717) is 52.2 Å². The second kappa shape index (κ2) is 13.3. The van der Waals surface area contributed by atoms with Crippen molar-refractivity contribution in [1.29, 1.82) is 0 Å². The topological polar surface area (TPSA) is 107 Å². The lowest BCUT2D eigenvalue weighted by molar-refractivity contribution is -0.120. The first-order valence-electron chi connectivity index (χ1n) is 12.2. The number of benzene rings is 3. The minimum atomic E-state index is -0.489. The number of rotatable bonds is 12. The van der Waals surface area contributed by atoms with Gasteiger partial charge in [0.05, 0.1) is 19.4 Å². The van der Waals surface area contributed by atoms with Crippen molar-refractivity contribution in [2.45, 2.75) is 20.0 Å². The van der Waals surface area contributed by atoms with Gasteiger partial charge in [0.2, 0.25) is 6.79 Å². The van der Waals surface area contributed by atoms with Crippen LogP contribution in [0.5, 0.6) is 23.0 Å². The van der Waals surface area contributed by atoms with Crippen molar-refractivity contribution in [3.05, 3.63) is 94.5 Å². The lowest BCUT2D eigenvalue weighted by atomic mass is 10.1. The molecule has 0 fully saturated rings. The monoisotopic (exact) mass is 549 g/mol. The Morgan fingerprint density at radius 1 is 1.08 bits per heavy atom. The maximum Gasteiger partial charge on any atom is 0.259 e. The molecule has 2 amide bonds. The number of hydrogen-bond acceptors (Lipinski definition) is 7. The summed E-state index contributed by atoms with van der Waals surface area (Å²) < 4.78 is 22.5. The molecule has 0 aliphatic carbocycles. The highest BCUT2D eigenvalue weighted by Gasteiger charge is 2.17. The van der Waals surface area contributed by atoms with Crippen LogP contribution in [-0.2, 0) is 17.8 Å². The minimum absolute atomic E-state index is 0.111. The predicted molar refractivity (Wildman–Crippen MR) is 148 cm³/mol. The quantitative estimate of drug-likeness (QED) is 0.193. The van der Waals surface area contributed by atoms with Crippen molar-refractivity contribution in [2.75, 3.05) is 19.9 Å². The van der Waals surface area contributed by atoms with Gasteiger partial charge in [-0.05, 0) is 55.3 Å². The van der Waals surface area contributed by atoms with Gasteiger partial charge in [0.25, 0.3) is 11.8 Å². The fourth-order valence-corrected chi connectivity index (χ4v) is 3.97. The lowest BCUT2D eigenvalue weighted by Gasteiger charge is -2.17. The summed E-state index contributed by atoms with van der Waals surface area (Å²) in [6.45, 7) is 6.27. The molecule has 0 atom stereocenters. The molecule has 0 radical (unpaired) electrons. The first-order valence-corrected chi connectivity index (χ1v) is 12.6. The summed E-state index contributed by atoms with van der Waals surface area (Å²) in [7, 11) is 0. The SMILES string of the molecule is C=CCc1cc(/C=N/NC(=O)CNC(=O)c2ccc3c(c2)OCO3)cc(OCC)c1OCc1ccccc1Cl. The fourth-order valence-electron chi connectivity index (χ4n) is 3.78. The minimum Gasteiger partial charge on any atom is -0.490 e. The van der Waals surface area contributed by atoms with Crippen LogP contribution in [-0.4, -0.2) is 38.0 Å². The van der Waals surface area contributed by atoms with Crippen molar-refractivity contribution in [2.24, 2.45) is 5.10 Å². The largest absolute Gasteiger partial charge is 0.490 e. The maximum atomic E-state index is 12.4. The van der Waals surface area contributed by atoms with Gasteiger partial charge in [-0.1, -0.05) is 35.9 Å². The van der Waals surface area contributed by atoms with Crippen LogP contribution < -0.4 is 29.7 Å². The molecular weight excluding hydrogens is 522 g/mol. The third-order valence-corrected chi connectivity index (χ3v) is 5.96. The number of hydrazone groups is 1. The molecule has 1 aliphatic heterocycles. The zero-order valence-electron chi connectivity index (χ0n) is 21.4. The molecule has 39 heavy (non-hydrogen) atoms. The average Bonchev–Trinajstić information content (AvgIpc) is 3.41. The molecular formula is C29H28ClN3O6. The first kappa shape index (κ1) is 27.5. The second-order valence-electron chi connectivity index (χ2n) is 8.36. The van der Waals surface area contributed by atoms with Crippen LogP contribution in [0.4, 0.5) is 0 Å². The Hall–Kier alpha value is -4.50. The van der Waals surface area contributed by atoms with Gasteiger partial charge < -0.3 is 24.3 Å². The highest BCUT2D eigenvalue weighted by Crippen LogP contribution is 2.35. The molecule has 2 N–H and O–H groups in total. The zero-order chi connectivity index (χ0) is 27.6. The fraction of sp³-hybridized carbons (Fsp3) is 0.207. The van der Waals surface area contributed by atoms with Crippen LogP contribution in [0.3, 0.4) is 0 Å². The van der Waals surface area contributed by atoms with E-state index in [1.54, 1.807) is 30.3 Å². The number of nitrogens with one attached hydrogen (secondary N) is 2. The lowest BCUT2D eigenvalue weighted by Crippen LogP contribution is -2.34. The summed E-state index contributed by atoms with van der Waals surface area (Å²) in [6, 6.07) is 15.9. The van der Waals surface area contributed by atoms with Crippen LogP contribution in [0, 0.1) is 0 Å². The van der Waals surface area contributed by atoms with Crippen LogP contribution in [0.25, 0.3) is 0 Å². The Labute approximate surface area is 231 Å². The van der Waals surface area contributed by atoms with Crippen LogP contribution >= 0.6 is 11.6 Å². The molecule has 0 aromatic heterocycles. The van der Waals surface area contributed by atoms with Gasteiger partial charge in [-0.2, -0.15) is 5.10 Å². The van der Waals surface area contributed by atoms with E-state index in [2.05, 4.69) is 22.4 Å². The van der Waals surface area contributed by atoms with Crippen LogP contribution in [0.2, 0.25) is 5.02 Å². The number of hydrogen-bond donors (Lipinski definition) is 2. The maximum absolute atomic E-state index is 12.4. The number of carbonyl (C=O) groups excluding carboxylic acids is 2. The van der Waals surface area contributed by atoms with Crippen molar-refractivity contribution in [3.8, 4) is 23.0 Å². The summed E-state index contributed by atoms with van der Waals surface area (Å²) >= 11 is 6.28. The normalized spacial score (nSPS) is 11.7. The van der Waals surface area contributed by atoms with Gasteiger partial charge >= 0.3 is 0 Å². The van der Waals surface area contributed by atoms with Gasteiger partial charge in [-0.25, -0.2) is 5.43 Å². The van der Waals surface area contributed by atoms with Crippen molar-refractivity contribution < 1.29 is 28.5 Å². The van der Waals surface area contributed by atoms with Gasteiger partial charge in [0.15, 0.2) is 23.0 Å². The Morgan fingerprint density at radius 2 is 1.90 bits per heavy atom. The van der Waals surface area contributed by atoms with Crippen molar-refractivity contribution in [1.82, 2.24) is 10.7 Å². The molecule has 0 unspecified atom stereocenters. The molecule has 3 aromatic carbocycles. The highest BCUT2D eigenvalue weighted by molar-refractivity contribution is 6.31. The molecule has 1 aliphatic rings. The summed E-state index contributed by atoms with van der Waals surface area (Å²) in [6.07, 6.45) is 3.78. The van der Waals surface area contributed by atoms with Crippen molar-refractivity contribution in [3.63, 3.8) is 0 Å². The summed E-state index contributed by atoms with van der Waals surface area (Å²) in [5.74, 6) is 1.27. The van der Waals surface area contributed by atoms with E-state index in [4.69, 9.17) is 30.5 Å². The van der Waals surface area contributed by atoms with E-state index < -0.39 is 11.8 Å². The number of halogens is 1. The highest BCUT2D eigenvalue weighted by atomic mass is 35.5. The molecule has 0 bridgehead atoms. The molecule has 1 heterocycles. The number of ether oxygens (including phenoxy) is 4. The van der Waals surface area contributed by atoms with Gasteiger partial charge in [0.1, 0.15) is 6.61 Å². The second-order valence-corrected chi connectivity index (χ2v) is 8.76. The molecule has 0 spiro atoms. The summed E-state index contributed by atoms with van der Waals surface area (Å²) in [5, 5.41) is 7.19. The van der Waals surface area contributed by atoms with E-state index in [0.717, 1.165) is 11.1 Å². The number of allylic oxidation sites excluding steroid dienone is 1. The van der Waals surface area contributed by atoms with Gasteiger partial charge in [-0.3, -0.25) is 9.59 Å². The molecule has 0 saturated heterocycles. The van der Waals surface area contributed by atoms with E-state index in [-0.39, 0.29) is 19.9 Å². The molecule has 4 rings (SSSR count). The number of fused-ring (bicyclic) bond motifs is 1. The molecule has 10 heteroatoms. The summed E-state index contributed by atoms with van der Waals surface area (Å²) in [5.41, 5.74) is 5.14. The average molecular weight is 550 g/mol. The standard InChI is InChI=1S/C29H28ClN3O6/c1-3-7-20-12-19(13-26(36-4-2)28(20)37-17-22-8-5-6-9-23(22)30)15-32-33-27(34)16-31-29(35)21-10-11-24-25(14-21)39-18-38-24/h3,5-6,8-15H,1,4,7,16-18H2,2H3,(H,31,35)(H,33,34)/b32-15+. The third-order valence-electron chi connectivity index (χ3n) is 5.60. The van der Waals surface area contributed by atoms with Crippen LogP contribution in [0.15, 0.2) is 72.4 Å². The molecule has 3 aromatic rings. The number of amides is 2. The summed E-state index contributed by atoms with van der Waals surface area (Å²) in [4.78, 5) is 24.6. The molecule has 9 nitrogen and oxygen atoms in total. The van der Waals surface area contributed by atoms with E-state index in [1.807, 2.05) is 37.3 Å². The van der Waals surface area contributed by atoms with E-state index in [9.17, 15) is 9.59 Å². The smallest absolute Gasteiger partial charge is 0.259 e. The Balaban J connectivity index is 1.38. The molecule has 0 saturated carbocycles. The third kappa shape index (κ3) is 7.30. The number of carbonyl (C=O) groups is 2. The Bertz CT molecular complexity index is 1390.